The van der Waals surface area contributed by atoms with Crippen LogP contribution in [-0.2, 0) is 9.47 Å². The molecule has 0 aliphatic carbocycles. The first-order valence-corrected chi connectivity index (χ1v) is 1.65. The Morgan fingerprint density at radius 1 is 1.00 bits per heavy atom. The van der Waals surface area contributed by atoms with E-state index in [1.807, 2.05) is 0 Å². The lowest BCUT2D eigenvalue weighted by atomic mass is 10.8. The van der Waals surface area contributed by atoms with Gasteiger partial charge in [0.1, 0.15) is 6.79 Å². The molecular weight excluding hydrogens is 96.1 g/mol. The average molecular weight is 106 g/mol. The van der Waals surface area contributed by atoms with E-state index in [0.29, 0.717) is 6.79 Å². The molecule has 38 valence electrons. The van der Waals surface area contributed by atoms with Crippen LogP contribution in [0.3, 0.4) is 0 Å². The summed E-state index contributed by atoms with van der Waals surface area (Å²) in [6.07, 6.45) is 0. The van der Waals surface area contributed by atoms with Crippen LogP contribution in [0.1, 0.15) is 0 Å². The quantitative estimate of drug-likeness (QED) is 0.351. The normalized spacial score (nSPS) is 20.0. The molecule has 1 rings (SSSR count). The van der Waals surface area contributed by atoms with Crippen molar-refractivity contribution in [3.8, 4) is 0 Å². The summed E-state index contributed by atoms with van der Waals surface area (Å²) in [6, 6.07) is 0. The molecule has 0 aromatic carbocycles. The van der Waals surface area contributed by atoms with Crippen molar-refractivity contribution >= 4 is 11.0 Å². The van der Waals surface area contributed by atoms with E-state index >= 15 is 0 Å². The minimum Gasteiger partial charge on any atom is -0.353 e. The standard InChI is InChI=1S/C3H6O2.H4Si/c1-2-5-3-4-1;/h1-3H2;1H4. The van der Waals surface area contributed by atoms with Crippen LogP contribution in [0.5, 0.6) is 0 Å². The summed E-state index contributed by atoms with van der Waals surface area (Å²) in [5, 5.41) is 0. The van der Waals surface area contributed by atoms with E-state index in [-0.39, 0.29) is 11.0 Å². The SMILES string of the molecule is C1COCO1.[SiH4]. The van der Waals surface area contributed by atoms with Crippen molar-refractivity contribution in [2.24, 2.45) is 0 Å². The van der Waals surface area contributed by atoms with Gasteiger partial charge >= 0.3 is 0 Å². The van der Waals surface area contributed by atoms with Gasteiger partial charge < -0.3 is 9.47 Å². The fourth-order valence-corrected chi connectivity index (χ4v) is 0.295. The summed E-state index contributed by atoms with van der Waals surface area (Å²) in [4.78, 5) is 0. The van der Waals surface area contributed by atoms with E-state index in [2.05, 4.69) is 0 Å². The molecule has 1 saturated heterocycles. The van der Waals surface area contributed by atoms with Gasteiger partial charge in [-0.1, -0.05) is 0 Å². The lowest BCUT2D eigenvalue weighted by Gasteiger charge is -1.76. The second kappa shape index (κ2) is 3.33. The van der Waals surface area contributed by atoms with Crippen molar-refractivity contribution in [3.05, 3.63) is 0 Å². The van der Waals surface area contributed by atoms with Gasteiger partial charge in [0, 0.05) is 0 Å². The van der Waals surface area contributed by atoms with Crippen LogP contribution in [0.25, 0.3) is 0 Å². The number of hydrogen-bond acceptors (Lipinski definition) is 2. The number of ether oxygens (including phenoxy) is 2. The van der Waals surface area contributed by atoms with Crippen LogP contribution >= 0.6 is 0 Å². The van der Waals surface area contributed by atoms with Gasteiger partial charge in [0.15, 0.2) is 0 Å². The zero-order valence-corrected chi connectivity index (χ0v) is 2.94. The molecule has 0 unspecified atom stereocenters. The minimum absolute atomic E-state index is 0. The first-order chi connectivity index (χ1) is 2.50. The first-order valence-electron chi connectivity index (χ1n) is 1.65. The molecule has 0 aromatic heterocycles. The predicted octanol–water partition coefficient (Wildman–Crippen LogP) is -1.46. The highest BCUT2D eigenvalue weighted by Gasteiger charge is 1.93. The van der Waals surface area contributed by atoms with Gasteiger partial charge in [-0.25, -0.2) is 0 Å². The molecule has 0 atom stereocenters. The molecule has 0 N–H and O–H groups in total. The molecule has 1 aliphatic heterocycles. The Labute approximate surface area is 41.5 Å². The Kier molecular flexibility index (Phi) is 3.41. The highest BCUT2D eigenvalue weighted by Crippen LogP contribution is 1.85. The molecule has 0 radical (unpaired) electrons. The molecule has 1 fully saturated rings. The fraction of sp³-hybridized carbons (Fsp3) is 1.00. The molecule has 1 heterocycles. The first kappa shape index (κ1) is 6.14. The van der Waals surface area contributed by atoms with Crippen LogP contribution in [0.15, 0.2) is 0 Å². The third kappa shape index (κ3) is 1.54. The maximum Gasteiger partial charge on any atom is 0.146 e. The summed E-state index contributed by atoms with van der Waals surface area (Å²) in [5.41, 5.74) is 0. The van der Waals surface area contributed by atoms with Gasteiger partial charge in [0.25, 0.3) is 0 Å². The Balaban J connectivity index is 0.000000250. The van der Waals surface area contributed by atoms with Crippen molar-refractivity contribution in [1.82, 2.24) is 0 Å². The van der Waals surface area contributed by atoms with E-state index in [1.54, 1.807) is 0 Å². The van der Waals surface area contributed by atoms with Crippen molar-refractivity contribution < 1.29 is 9.47 Å². The average Bonchev–Trinajstić information content (AvgIpc) is 1.76. The predicted molar refractivity (Wildman–Crippen MR) is 28.1 cm³/mol. The summed E-state index contributed by atoms with van der Waals surface area (Å²) < 4.78 is 9.44. The lowest BCUT2D eigenvalue weighted by molar-refractivity contribution is 0.0692. The molecule has 0 spiro atoms. The molecule has 1 aliphatic rings. The third-order valence-electron chi connectivity index (χ3n) is 0.539. The molecule has 2 nitrogen and oxygen atoms in total. The topological polar surface area (TPSA) is 18.5 Å². The van der Waals surface area contributed by atoms with Crippen molar-refractivity contribution in [3.63, 3.8) is 0 Å². The fourth-order valence-electron chi connectivity index (χ4n) is 0.295. The van der Waals surface area contributed by atoms with Crippen LogP contribution in [0.4, 0.5) is 0 Å². The second-order valence-electron chi connectivity index (χ2n) is 0.934. The Morgan fingerprint density at radius 2 is 1.50 bits per heavy atom. The van der Waals surface area contributed by atoms with Crippen molar-refractivity contribution in [2.75, 3.05) is 20.0 Å². The molecule has 6 heavy (non-hydrogen) atoms. The summed E-state index contributed by atoms with van der Waals surface area (Å²) in [5.74, 6) is 0. The van der Waals surface area contributed by atoms with Crippen LogP contribution in [0.2, 0.25) is 0 Å². The van der Waals surface area contributed by atoms with Crippen LogP contribution in [0, 0.1) is 0 Å². The molecule has 0 bridgehead atoms. The monoisotopic (exact) mass is 106 g/mol. The smallest absolute Gasteiger partial charge is 0.146 e. The van der Waals surface area contributed by atoms with E-state index < -0.39 is 0 Å². The van der Waals surface area contributed by atoms with Crippen molar-refractivity contribution in [2.45, 2.75) is 0 Å². The molecular formula is C3H10O2Si. The van der Waals surface area contributed by atoms with Crippen LogP contribution < -0.4 is 0 Å². The molecule has 3 heteroatoms. The zero-order valence-electron chi connectivity index (χ0n) is 2.94. The summed E-state index contributed by atoms with van der Waals surface area (Å²) in [6.45, 7) is 2.06. The molecule has 0 saturated carbocycles. The van der Waals surface area contributed by atoms with E-state index in [1.165, 1.54) is 0 Å². The highest BCUT2D eigenvalue weighted by atomic mass is 28.1. The number of hydrogen-bond donors (Lipinski definition) is 0. The largest absolute Gasteiger partial charge is 0.353 e. The second-order valence-corrected chi connectivity index (χ2v) is 0.934. The van der Waals surface area contributed by atoms with Gasteiger partial charge in [-0.05, 0) is 11.0 Å². The Bertz CT molecular complexity index is 20.4. The van der Waals surface area contributed by atoms with Gasteiger partial charge in [0.2, 0.25) is 0 Å². The van der Waals surface area contributed by atoms with Crippen LogP contribution in [-0.4, -0.2) is 31.0 Å². The Morgan fingerprint density at radius 3 is 1.67 bits per heavy atom. The van der Waals surface area contributed by atoms with E-state index in [9.17, 15) is 0 Å². The molecule has 0 aromatic rings. The maximum absolute atomic E-state index is 4.72. The van der Waals surface area contributed by atoms with E-state index in [4.69, 9.17) is 9.47 Å². The zero-order chi connectivity index (χ0) is 3.54. The van der Waals surface area contributed by atoms with Gasteiger partial charge in [-0.2, -0.15) is 0 Å². The third-order valence-corrected chi connectivity index (χ3v) is 0.539. The lowest BCUT2D eigenvalue weighted by Crippen LogP contribution is -1.79. The van der Waals surface area contributed by atoms with Gasteiger partial charge in [-0.15, -0.1) is 0 Å². The summed E-state index contributed by atoms with van der Waals surface area (Å²) >= 11 is 0. The minimum atomic E-state index is 0. The maximum atomic E-state index is 4.72. The number of rotatable bonds is 0. The van der Waals surface area contributed by atoms with E-state index in [0.717, 1.165) is 13.2 Å². The molecule has 0 amide bonds. The highest BCUT2D eigenvalue weighted by molar-refractivity contribution is 5.75. The van der Waals surface area contributed by atoms with Gasteiger partial charge in [0.05, 0.1) is 13.2 Å². The Hall–Kier alpha value is 0.137. The van der Waals surface area contributed by atoms with Crippen molar-refractivity contribution in [1.29, 1.82) is 0 Å². The summed E-state index contributed by atoms with van der Waals surface area (Å²) in [7, 11) is 0. The van der Waals surface area contributed by atoms with Gasteiger partial charge in [-0.3, -0.25) is 0 Å².